The Balaban J connectivity index is 1.25. The summed E-state index contributed by atoms with van der Waals surface area (Å²) in [6.07, 6.45) is 0.139. The Morgan fingerprint density at radius 3 is 2.72 bits per heavy atom. The fraction of sp³-hybridized carbons (Fsp3) is 0.375. The van der Waals surface area contributed by atoms with E-state index in [1.54, 1.807) is 0 Å². The molecule has 1 aliphatic heterocycles. The number of H-pyrrole nitrogens is 1. The summed E-state index contributed by atoms with van der Waals surface area (Å²) < 4.78 is 34.1. The molecule has 1 saturated heterocycles. The van der Waals surface area contributed by atoms with Crippen molar-refractivity contribution in [3.63, 3.8) is 0 Å². The van der Waals surface area contributed by atoms with Crippen molar-refractivity contribution in [2.75, 3.05) is 19.6 Å². The number of nitrogens with one attached hydrogen (secondary N) is 1. The van der Waals surface area contributed by atoms with Gasteiger partial charge in [0.05, 0.1) is 17.2 Å². The Morgan fingerprint density at radius 2 is 1.97 bits per heavy atom. The molecule has 8 heteroatoms. The number of nitrogens with zero attached hydrogens (tertiary/aromatic N) is 1. The van der Waals surface area contributed by atoms with Crippen LogP contribution in [-0.4, -0.2) is 51.4 Å². The van der Waals surface area contributed by atoms with Crippen LogP contribution in [0.2, 0.25) is 0 Å². The van der Waals surface area contributed by atoms with Crippen LogP contribution >= 0.6 is 0 Å². The van der Waals surface area contributed by atoms with Gasteiger partial charge in [-0.3, -0.25) is 9.69 Å². The third-order valence-corrected chi connectivity index (χ3v) is 6.61. The number of hydrogen-bond donors (Lipinski definition) is 3. The number of halogens is 2. The standard InChI is InChI=1S/C24H24F2N2O4/c25-19-7-14(6-15-8-20(26)23(30)27-22(15)19)21(29)12-28-11-16-9-18(10-24(16,31)13-28)32-17-4-2-1-3-5-17/h1-8,16,18,21,29,31H,9-13H2,(H,27,30)/t16-,18+,21-,24-/m1/s1. The summed E-state index contributed by atoms with van der Waals surface area (Å²) in [6, 6.07) is 13.1. The van der Waals surface area contributed by atoms with Crippen LogP contribution in [0.25, 0.3) is 10.9 Å². The lowest BCUT2D eigenvalue weighted by atomic mass is 9.95. The summed E-state index contributed by atoms with van der Waals surface area (Å²) in [4.78, 5) is 15.5. The Labute approximate surface area is 183 Å². The Kier molecular flexibility index (Phi) is 5.23. The number of aliphatic hydroxyl groups excluding tert-OH is 1. The van der Waals surface area contributed by atoms with Crippen molar-refractivity contribution < 1.29 is 23.7 Å². The topological polar surface area (TPSA) is 85.8 Å². The summed E-state index contributed by atoms with van der Waals surface area (Å²) >= 11 is 0. The first kappa shape index (κ1) is 21.1. The molecule has 0 bridgehead atoms. The zero-order valence-corrected chi connectivity index (χ0v) is 17.3. The number of ether oxygens (including phenoxy) is 1. The number of benzene rings is 2. The van der Waals surface area contributed by atoms with Crippen molar-refractivity contribution in [2.24, 2.45) is 5.92 Å². The highest BCUT2D eigenvalue weighted by molar-refractivity contribution is 5.79. The number of aromatic nitrogens is 1. The molecule has 1 aliphatic carbocycles. The third-order valence-electron chi connectivity index (χ3n) is 6.61. The average molecular weight is 442 g/mol. The van der Waals surface area contributed by atoms with Crippen molar-refractivity contribution in [3.8, 4) is 5.75 Å². The molecule has 6 nitrogen and oxygen atoms in total. The van der Waals surface area contributed by atoms with Crippen LogP contribution in [-0.2, 0) is 0 Å². The van der Waals surface area contributed by atoms with E-state index < -0.39 is 28.9 Å². The molecule has 2 aliphatic rings. The van der Waals surface area contributed by atoms with E-state index in [2.05, 4.69) is 4.98 Å². The molecule has 3 N–H and O–H groups in total. The number of aromatic amines is 1. The second-order valence-corrected chi connectivity index (χ2v) is 8.92. The Hall–Kier alpha value is -2.81. The number of pyridine rings is 1. The van der Waals surface area contributed by atoms with Gasteiger partial charge >= 0.3 is 0 Å². The van der Waals surface area contributed by atoms with Crippen molar-refractivity contribution in [1.29, 1.82) is 0 Å². The van der Waals surface area contributed by atoms with Gasteiger partial charge < -0.3 is 19.9 Å². The minimum absolute atomic E-state index is 0.0240. The van der Waals surface area contributed by atoms with Gasteiger partial charge in [0, 0.05) is 37.4 Å². The zero-order valence-electron chi connectivity index (χ0n) is 17.3. The van der Waals surface area contributed by atoms with E-state index >= 15 is 0 Å². The Morgan fingerprint density at radius 1 is 1.19 bits per heavy atom. The molecule has 0 amide bonds. The van der Waals surface area contributed by atoms with E-state index in [1.165, 1.54) is 6.07 Å². The first-order chi connectivity index (χ1) is 15.3. The molecule has 5 rings (SSSR count). The van der Waals surface area contributed by atoms with Crippen molar-refractivity contribution >= 4 is 10.9 Å². The van der Waals surface area contributed by atoms with Crippen molar-refractivity contribution in [2.45, 2.75) is 30.7 Å². The van der Waals surface area contributed by atoms with E-state index in [1.807, 2.05) is 35.2 Å². The molecule has 2 heterocycles. The minimum atomic E-state index is -1.03. The van der Waals surface area contributed by atoms with Crippen LogP contribution in [0, 0.1) is 17.6 Å². The van der Waals surface area contributed by atoms with Gasteiger partial charge in [0.2, 0.25) is 0 Å². The molecule has 4 atom stereocenters. The van der Waals surface area contributed by atoms with E-state index in [9.17, 15) is 23.8 Å². The van der Waals surface area contributed by atoms with E-state index in [4.69, 9.17) is 4.74 Å². The van der Waals surface area contributed by atoms with Gasteiger partial charge in [-0.2, -0.15) is 0 Å². The van der Waals surface area contributed by atoms with Gasteiger partial charge in [0.15, 0.2) is 5.82 Å². The van der Waals surface area contributed by atoms with Gasteiger partial charge in [0.1, 0.15) is 17.7 Å². The molecule has 2 fully saturated rings. The fourth-order valence-electron chi connectivity index (χ4n) is 5.12. The quantitative estimate of drug-likeness (QED) is 0.566. The van der Waals surface area contributed by atoms with E-state index in [0.717, 1.165) is 24.3 Å². The molecule has 1 aromatic heterocycles. The first-order valence-electron chi connectivity index (χ1n) is 10.7. The molecular weight excluding hydrogens is 418 g/mol. The van der Waals surface area contributed by atoms with E-state index in [0.29, 0.717) is 19.5 Å². The summed E-state index contributed by atoms with van der Waals surface area (Å²) in [5.74, 6) is -0.933. The Bertz CT molecular complexity index is 1200. The lowest BCUT2D eigenvalue weighted by Crippen LogP contribution is -2.36. The second kappa shape index (κ2) is 7.95. The van der Waals surface area contributed by atoms with Crippen LogP contribution in [0.3, 0.4) is 0 Å². The predicted molar refractivity (Wildman–Crippen MR) is 114 cm³/mol. The summed E-state index contributed by atoms with van der Waals surface area (Å²) in [5, 5.41) is 22.0. The SMILES string of the molecule is O=c1[nH]c2c(F)cc([C@H](O)CN3C[C@H]4C[C@H](Oc5ccccc5)C[C@@]4(O)C3)cc2cc1F. The number of β-amino-alcohol motifs (C(OH)–C–C–N with tert-alkyl or cyclic N) is 2. The molecule has 0 radical (unpaired) electrons. The van der Waals surface area contributed by atoms with E-state index in [-0.39, 0.29) is 35.0 Å². The van der Waals surface area contributed by atoms with Crippen LogP contribution in [0.1, 0.15) is 24.5 Å². The second-order valence-electron chi connectivity index (χ2n) is 8.92. The van der Waals surface area contributed by atoms with Crippen LogP contribution in [0.15, 0.2) is 53.3 Å². The highest BCUT2D eigenvalue weighted by Gasteiger charge is 2.52. The van der Waals surface area contributed by atoms with Crippen LogP contribution < -0.4 is 10.3 Å². The first-order valence-corrected chi connectivity index (χ1v) is 10.7. The van der Waals surface area contributed by atoms with Gasteiger partial charge in [-0.15, -0.1) is 0 Å². The molecule has 168 valence electrons. The largest absolute Gasteiger partial charge is 0.490 e. The molecule has 32 heavy (non-hydrogen) atoms. The number of aliphatic hydroxyl groups is 2. The summed E-state index contributed by atoms with van der Waals surface area (Å²) in [7, 11) is 0. The molecule has 3 aromatic rings. The summed E-state index contributed by atoms with van der Waals surface area (Å²) in [6.45, 7) is 1.20. The monoisotopic (exact) mass is 442 g/mol. The summed E-state index contributed by atoms with van der Waals surface area (Å²) in [5.41, 5.74) is -1.69. The lowest BCUT2D eigenvalue weighted by molar-refractivity contribution is 0.0178. The molecule has 0 unspecified atom stereocenters. The van der Waals surface area contributed by atoms with Crippen molar-refractivity contribution in [1.82, 2.24) is 9.88 Å². The maximum absolute atomic E-state index is 14.4. The molecule has 2 aromatic carbocycles. The molecule has 0 spiro atoms. The lowest BCUT2D eigenvalue weighted by Gasteiger charge is -2.25. The highest BCUT2D eigenvalue weighted by Crippen LogP contribution is 2.43. The fourth-order valence-corrected chi connectivity index (χ4v) is 5.12. The van der Waals surface area contributed by atoms with Gasteiger partial charge in [-0.25, -0.2) is 8.78 Å². The maximum Gasteiger partial charge on any atom is 0.284 e. The predicted octanol–water partition coefficient (Wildman–Crippen LogP) is 2.74. The smallest absolute Gasteiger partial charge is 0.284 e. The van der Waals surface area contributed by atoms with Crippen LogP contribution in [0.5, 0.6) is 5.75 Å². The number of rotatable bonds is 5. The number of likely N-dealkylation sites (tertiary alicyclic amines) is 1. The highest BCUT2D eigenvalue weighted by atomic mass is 19.1. The average Bonchev–Trinajstić information content (AvgIpc) is 3.20. The van der Waals surface area contributed by atoms with Crippen molar-refractivity contribution in [3.05, 3.63) is 76.1 Å². The van der Waals surface area contributed by atoms with Gasteiger partial charge in [0.25, 0.3) is 5.56 Å². The van der Waals surface area contributed by atoms with Gasteiger partial charge in [-0.1, -0.05) is 18.2 Å². The third kappa shape index (κ3) is 3.90. The number of para-hydroxylation sites is 1. The molecule has 1 saturated carbocycles. The normalized spacial score (nSPS) is 26.4. The van der Waals surface area contributed by atoms with Gasteiger partial charge in [-0.05, 0) is 42.3 Å². The molecular formula is C24H24F2N2O4. The minimum Gasteiger partial charge on any atom is -0.490 e. The van der Waals surface area contributed by atoms with Crippen LogP contribution in [0.4, 0.5) is 8.78 Å². The maximum atomic E-state index is 14.4. The number of hydrogen-bond acceptors (Lipinski definition) is 5. The zero-order chi connectivity index (χ0) is 22.5. The number of fused-ring (bicyclic) bond motifs is 2.